The topological polar surface area (TPSA) is 85.9 Å². The lowest BCUT2D eigenvalue weighted by molar-refractivity contribution is -0.120. The fraction of sp³-hybridized carbons (Fsp3) is 0.600. The molecule has 0 radical (unpaired) electrons. The summed E-state index contributed by atoms with van der Waals surface area (Å²) in [5.74, 6) is 0.541. The molecule has 27 heavy (non-hydrogen) atoms. The monoisotopic (exact) mass is 380 g/mol. The lowest BCUT2D eigenvalue weighted by Crippen LogP contribution is -2.37. The van der Waals surface area contributed by atoms with Gasteiger partial charge in [-0.2, -0.15) is 0 Å². The van der Waals surface area contributed by atoms with Gasteiger partial charge in [0.25, 0.3) is 5.91 Å². The van der Waals surface area contributed by atoms with Gasteiger partial charge in [-0.1, -0.05) is 13.3 Å². The molecule has 0 aliphatic rings. The number of ether oxygens (including phenoxy) is 3. The van der Waals surface area contributed by atoms with Crippen LogP contribution >= 0.6 is 0 Å². The predicted octanol–water partition coefficient (Wildman–Crippen LogP) is 2.54. The molecular weight excluding hydrogens is 348 g/mol. The van der Waals surface area contributed by atoms with E-state index in [9.17, 15) is 9.59 Å². The molecule has 152 valence electrons. The summed E-state index contributed by atoms with van der Waals surface area (Å²) >= 11 is 0. The molecule has 0 saturated heterocycles. The van der Waals surface area contributed by atoms with Gasteiger partial charge < -0.3 is 24.8 Å². The fourth-order valence-electron chi connectivity index (χ4n) is 2.27. The second kappa shape index (κ2) is 13.9. The average Bonchev–Trinajstić information content (AvgIpc) is 2.67. The molecule has 0 fully saturated rings. The number of unbranched alkanes of at least 4 members (excludes halogenated alkanes) is 1. The van der Waals surface area contributed by atoms with E-state index in [2.05, 4.69) is 17.6 Å². The Morgan fingerprint density at radius 2 is 1.63 bits per heavy atom. The molecular formula is C20H32N2O5. The van der Waals surface area contributed by atoms with Crippen molar-refractivity contribution in [3.8, 4) is 11.5 Å². The molecule has 7 heteroatoms. The van der Waals surface area contributed by atoms with Gasteiger partial charge in [-0.3, -0.25) is 9.59 Å². The number of carbonyl (C=O) groups is 2. The highest BCUT2D eigenvalue weighted by molar-refractivity contribution is 5.97. The van der Waals surface area contributed by atoms with Gasteiger partial charge in [0.15, 0.2) is 11.5 Å². The first-order valence-electron chi connectivity index (χ1n) is 9.64. The van der Waals surface area contributed by atoms with Crippen LogP contribution in [-0.2, 0) is 9.53 Å². The van der Waals surface area contributed by atoms with Crippen LogP contribution in [0.3, 0.4) is 0 Å². The highest BCUT2D eigenvalue weighted by Gasteiger charge is 2.12. The van der Waals surface area contributed by atoms with Gasteiger partial charge in [-0.25, -0.2) is 0 Å². The third kappa shape index (κ3) is 9.28. The summed E-state index contributed by atoms with van der Waals surface area (Å²) in [4.78, 5) is 24.1. The number of carbonyl (C=O) groups excluding carboxylic acids is 2. The van der Waals surface area contributed by atoms with Crippen molar-refractivity contribution in [2.24, 2.45) is 0 Å². The summed E-state index contributed by atoms with van der Waals surface area (Å²) in [5.41, 5.74) is 0.416. The minimum atomic E-state index is -0.336. The summed E-state index contributed by atoms with van der Waals surface area (Å²) in [7, 11) is 0. The van der Waals surface area contributed by atoms with Crippen LogP contribution in [0.15, 0.2) is 18.2 Å². The van der Waals surface area contributed by atoms with Crippen LogP contribution in [0.4, 0.5) is 0 Å². The van der Waals surface area contributed by atoms with Crippen LogP contribution in [0.5, 0.6) is 11.5 Å². The van der Waals surface area contributed by atoms with Crippen molar-refractivity contribution in [1.29, 1.82) is 0 Å². The van der Waals surface area contributed by atoms with Gasteiger partial charge in [0.1, 0.15) is 0 Å². The molecule has 0 bridgehead atoms. The van der Waals surface area contributed by atoms with E-state index >= 15 is 0 Å². The van der Waals surface area contributed by atoms with Gasteiger partial charge in [0.05, 0.1) is 19.8 Å². The standard InChI is InChI=1S/C20H32N2O5/c1-4-7-12-25-13-8-11-21-19(23)15-22-20(24)16-9-10-17(26-5-2)18(14-16)27-6-3/h9-10,14H,4-8,11-13,15H2,1-3H3,(H,21,23)(H,22,24). The van der Waals surface area contributed by atoms with E-state index in [4.69, 9.17) is 14.2 Å². The van der Waals surface area contributed by atoms with Crippen LogP contribution in [0.25, 0.3) is 0 Å². The van der Waals surface area contributed by atoms with E-state index in [-0.39, 0.29) is 18.4 Å². The Hall–Kier alpha value is -2.28. The smallest absolute Gasteiger partial charge is 0.251 e. The molecule has 0 aromatic heterocycles. The van der Waals surface area contributed by atoms with Crippen LogP contribution in [0, 0.1) is 0 Å². The number of rotatable bonds is 14. The molecule has 0 unspecified atom stereocenters. The molecule has 1 aromatic carbocycles. The minimum absolute atomic E-state index is 0.0767. The predicted molar refractivity (Wildman–Crippen MR) is 104 cm³/mol. The van der Waals surface area contributed by atoms with Gasteiger partial charge in [-0.15, -0.1) is 0 Å². The SMILES string of the molecule is CCCCOCCCNC(=O)CNC(=O)c1ccc(OCC)c(OCC)c1. The zero-order valence-corrected chi connectivity index (χ0v) is 16.6. The summed E-state index contributed by atoms with van der Waals surface area (Å²) in [6.45, 7) is 8.67. The quantitative estimate of drug-likeness (QED) is 0.485. The molecule has 1 rings (SSSR count). The van der Waals surface area contributed by atoms with Crippen molar-refractivity contribution in [3.63, 3.8) is 0 Å². The summed E-state index contributed by atoms with van der Waals surface area (Å²) < 4.78 is 16.4. The molecule has 0 aliphatic heterocycles. The van der Waals surface area contributed by atoms with Crippen LogP contribution in [0.2, 0.25) is 0 Å². The molecule has 0 heterocycles. The number of hydrogen-bond acceptors (Lipinski definition) is 5. The van der Waals surface area contributed by atoms with Gasteiger partial charge >= 0.3 is 0 Å². The Morgan fingerprint density at radius 3 is 2.33 bits per heavy atom. The minimum Gasteiger partial charge on any atom is -0.490 e. The molecule has 2 amide bonds. The maximum absolute atomic E-state index is 12.2. The maximum atomic E-state index is 12.2. The van der Waals surface area contributed by atoms with Crippen molar-refractivity contribution in [2.75, 3.05) is 39.5 Å². The fourth-order valence-corrected chi connectivity index (χ4v) is 2.27. The van der Waals surface area contributed by atoms with Crippen molar-refractivity contribution in [1.82, 2.24) is 10.6 Å². The maximum Gasteiger partial charge on any atom is 0.251 e. The molecule has 7 nitrogen and oxygen atoms in total. The average molecular weight is 380 g/mol. The normalized spacial score (nSPS) is 10.3. The summed E-state index contributed by atoms with van der Waals surface area (Å²) in [6.07, 6.45) is 2.91. The van der Waals surface area contributed by atoms with Gasteiger partial charge in [0.2, 0.25) is 5.91 Å². The molecule has 0 saturated carbocycles. The first kappa shape index (κ1) is 22.8. The van der Waals surface area contributed by atoms with Crippen molar-refractivity contribution in [3.05, 3.63) is 23.8 Å². The van der Waals surface area contributed by atoms with Gasteiger partial charge in [-0.05, 0) is 44.9 Å². The van der Waals surface area contributed by atoms with Crippen molar-refractivity contribution < 1.29 is 23.8 Å². The van der Waals surface area contributed by atoms with Crippen molar-refractivity contribution in [2.45, 2.75) is 40.0 Å². The van der Waals surface area contributed by atoms with E-state index < -0.39 is 0 Å². The Kier molecular flexibility index (Phi) is 11.7. The Labute approximate surface area is 161 Å². The summed E-state index contributed by atoms with van der Waals surface area (Å²) in [5, 5.41) is 5.37. The molecule has 0 spiro atoms. The molecule has 2 N–H and O–H groups in total. The van der Waals surface area contributed by atoms with E-state index in [0.717, 1.165) is 25.9 Å². The summed E-state index contributed by atoms with van der Waals surface area (Å²) in [6, 6.07) is 4.96. The van der Waals surface area contributed by atoms with E-state index in [1.165, 1.54) is 0 Å². The molecule has 0 aliphatic carbocycles. The second-order valence-electron chi connectivity index (χ2n) is 5.88. The van der Waals surface area contributed by atoms with Gasteiger partial charge in [0, 0.05) is 25.3 Å². The molecule has 1 aromatic rings. The number of hydrogen-bond donors (Lipinski definition) is 2. The highest BCUT2D eigenvalue weighted by Crippen LogP contribution is 2.28. The first-order valence-corrected chi connectivity index (χ1v) is 9.64. The Morgan fingerprint density at radius 1 is 0.926 bits per heavy atom. The van der Waals surface area contributed by atoms with Crippen LogP contribution < -0.4 is 20.1 Å². The van der Waals surface area contributed by atoms with E-state index in [1.807, 2.05) is 13.8 Å². The lowest BCUT2D eigenvalue weighted by Gasteiger charge is -2.12. The largest absolute Gasteiger partial charge is 0.490 e. The third-order valence-corrected chi connectivity index (χ3v) is 3.64. The lowest BCUT2D eigenvalue weighted by atomic mass is 10.2. The van der Waals surface area contributed by atoms with E-state index in [1.54, 1.807) is 18.2 Å². The second-order valence-corrected chi connectivity index (χ2v) is 5.88. The van der Waals surface area contributed by atoms with Crippen molar-refractivity contribution >= 4 is 11.8 Å². The molecule has 0 atom stereocenters. The zero-order chi connectivity index (χ0) is 19.9. The Bertz CT molecular complexity index is 577. The van der Waals surface area contributed by atoms with E-state index in [0.29, 0.717) is 43.4 Å². The highest BCUT2D eigenvalue weighted by atomic mass is 16.5. The first-order chi connectivity index (χ1) is 13.1. The van der Waals surface area contributed by atoms with Crippen LogP contribution in [-0.4, -0.2) is 51.3 Å². The number of benzene rings is 1. The number of nitrogens with one attached hydrogen (secondary N) is 2. The Balaban J connectivity index is 2.36. The zero-order valence-electron chi connectivity index (χ0n) is 16.6. The number of amides is 2. The van der Waals surface area contributed by atoms with Crippen LogP contribution in [0.1, 0.15) is 50.4 Å². The third-order valence-electron chi connectivity index (χ3n) is 3.64.